The molecule has 0 aliphatic carbocycles. The van der Waals surface area contributed by atoms with Crippen LogP contribution < -0.4 is 10.2 Å². The average molecular weight is 219 g/mol. The van der Waals surface area contributed by atoms with Crippen LogP contribution in [0.15, 0.2) is 43.0 Å². The van der Waals surface area contributed by atoms with Crippen LogP contribution in [0.4, 0.5) is 0 Å². The minimum Gasteiger partial charge on any atom is -0.490 e. The maximum atomic E-state index is 10.7. The average Bonchev–Trinajstić information content (AvgIpc) is 2.34. The van der Waals surface area contributed by atoms with Crippen molar-refractivity contribution in [3.8, 4) is 5.75 Å². The molecule has 0 saturated heterocycles. The van der Waals surface area contributed by atoms with Gasteiger partial charge in [-0.3, -0.25) is 10.0 Å². The van der Waals surface area contributed by atoms with Crippen molar-refractivity contribution in [2.75, 3.05) is 6.61 Å². The quantitative estimate of drug-likeness (QED) is 0.343. The summed E-state index contributed by atoms with van der Waals surface area (Å²) in [6, 6.07) is 7.19. The molecule has 1 aromatic carbocycles. The molecule has 84 valence electrons. The minimum atomic E-state index is -0.563. The summed E-state index contributed by atoms with van der Waals surface area (Å²) >= 11 is 0. The summed E-state index contributed by atoms with van der Waals surface area (Å²) in [5, 5.41) is 8.27. The molecule has 0 heterocycles. The maximum absolute atomic E-state index is 10.7. The lowest BCUT2D eigenvalue weighted by Gasteiger charge is -2.02. The number of hydroxylamine groups is 1. The van der Waals surface area contributed by atoms with E-state index in [1.165, 1.54) is 11.6 Å². The third kappa shape index (κ3) is 3.98. The molecular weight excluding hydrogens is 206 g/mol. The van der Waals surface area contributed by atoms with Gasteiger partial charge in [0.1, 0.15) is 12.4 Å². The molecule has 1 aromatic rings. The van der Waals surface area contributed by atoms with E-state index in [0.717, 1.165) is 11.3 Å². The van der Waals surface area contributed by atoms with Gasteiger partial charge in [-0.15, -0.1) is 0 Å². The van der Waals surface area contributed by atoms with Crippen LogP contribution in [0.2, 0.25) is 0 Å². The summed E-state index contributed by atoms with van der Waals surface area (Å²) in [6.07, 6.45) is 4.49. The van der Waals surface area contributed by atoms with Crippen LogP contribution >= 0.6 is 0 Å². The highest BCUT2D eigenvalue weighted by molar-refractivity contribution is 5.90. The fourth-order valence-corrected chi connectivity index (χ4v) is 1.04. The van der Waals surface area contributed by atoms with Gasteiger partial charge in [-0.1, -0.05) is 24.8 Å². The molecule has 1 rings (SSSR count). The number of amides is 1. The second-order valence-electron chi connectivity index (χ2n) is 2.98. The van der Waals surface area contributed by atoms with Crippen molar-refractivity contribution in [2.45, 2.75) is 0 Å². The van der Waals surface area contributed by atoms with Crippen molar-refractivity contribution >= 4 is 12.0 Å². The molecule has 0 unspecified atom stereocenters. The van der Waals surface area contributed by atoms with E-state index in [2.05, 4.69) is 6.58 Å². The van der Waals surface area contributed by atoms with Gasteiger partial charge in [0.25, 0.3) is 5.91 Å². The van der Waals surface area contributed by atoms with Crippen molar-refractivity contribution in [1.29, 1.82) is 0 Å². The fraction of sp³-hybridized carbons (Fsp3) is 0.0833. The smallest absolute Gasteiger partial charge is 0.267 e. The fourth-order valence-electron chi connectivity index (χ4n) is 1.04. The summed E-state index contributed by atoms with van der Waals surface area (Å²) in [6.45, 7) is 4.01. The summed E-state index contributed by atoms with van der Waals surface area (Å²) < 4.78 is 5.30. The standard InChI is InChI=1S/C12H13NO3/c1-2-9-16-11-6-3-10(4-7-11)5-8-12(14)13-15/h2-8,15H,1,9H2,(H,13,14). The second-order valence-corrected chi connectivity index (χ2v) is 2.98. The predicted molar refractivity (Wildman–Crippen MR) is 61.1 cm³/mol. The molecule has 0 bridgehead atoms. The first kappa shape index (κ1) is 12.0. The van der Waals surface area contributed by atoms with Gasteiger partial charge < -0.3 is 4.74 Å². The normalized spacial score (nSPS) is 10.1. The molecule has 0 fully saturated rings. The molecule has 0 radical (unpaired) electrons. The number of carbonyl (C=O) groups excluding carboxylic acids is 1. The molecule has 0 aliphatic heterocycles. The topological polar surface area (TPSA) is 58.6 Å². The molecule has 0 spiro atoms. The van der Waals surface area contributed by atoms with E-state index in [-0.39, 0.29) is 0 Å². The van der Waals surface area contributed by atoms with E-state index in [9.17, 15) is 4.79 Å². The molecule has 0 aliphatic rings. The van der Waals surface area contributed by atoms with E-state index in [1.807, 2.05) is 0 Å². The Morgan fingerprint density at radius 3 is 2.69 bits per heavy atom. The van der Waals surface area contributed by atoms with Crippen molar-refractivity contribution in [3.05, 3.63) is 48.6 Å². The van der Waals surface area contributed by atoms with E-state index in [0.29, 0.717) is 6.61 Å². The van der Waals surface area contributed by atoms with Gasteiger partial charge in [0.05, 0.1) is 0 Å². The van der Waals surface area contributed by atoms with Gasteiger partial charge in [-0.25, -0.2) is 5.48 Å². The molecule has 0 aromatic heterocycles. The van der Waals surface area contributed by atoms with Crippen LogP contribution in [0.1, 0.15) is 5.56 Å². The Kier molecular flexibility index (Phi) is 4.82. The summed E-state index contributed by atoms with van der Waals surface area (Å²) in [5.74, 6) is 0.177. The lowest BCUT2D eigenvalue weighted by Crippen LogP contribution is -2.14. The SMILES string of the molecule is C=CCOc1ccc(C=CC(=O)NO)cc1. The number of carbonyl (C=O) groups is 1. The molecular formula is C12H13NO3. The number of nitrogens with one attached hydrogen (secondary N) is 1. The van der Waals surface area contributed by atoms with E-state index >= 15 is 0 Å². The van der Waals surface area contributed by atoms with Crippen LogP contribution in [0.5, 0.6) is 5.75 Å². The summed E-state index contributed by atoms with van der Waals surface area (Å²) in [4.78, 5) is 10.7. The van der Waals surface area contributed by atoms with Gasteiger partial charge in [-0.2, -0.15) is 0 Å². The Labute approximate surface area is 93.8 Å². The largest absolute Gasteiger partial charge is 0.490 e. The lowest BCUT2D eigenvalue weighted by atomic mass is 10.2. The van der Waals surface area contributed by atoms with Crippen LogP contribution in [-0.2, 0) is 4.79 Å². The Bertz CT molecular complexity index is 382. The van der Waals surface area contributed by atoms with E-state index in [1.54, 1.807) is 36.4 Å². The Balaban J connectivity index is 2.60. The van der Waals surface area contributed by atoms with E-state index in [4.69, 9.17) is 9.94 Å². The Hall–Kier alpha value is -2.07. The van der Waals surface area contributed by atoms with Gasteiger partial charge in [-0.05, 0) is 23.8 Å². The molecule has 4 heteroatoms. The third-order valence-corrected chi connectivity index (χ3v) is 1.79. The molecule has 16 heavy (non-hydrogen) atoms. The number of ether oxygens (including phenoxy) is 1. The highest BCUT2D eigenvalue weighted by atomic mass is 16.5. The zero-order valence-electron chi connectivity index (χ0n) is 8.72. The zero-order valence-corrected chi connectivity index (χ0v) is 8.72. The van der Waals surface area contributed by atoms with Gasteiger partial charge in [0.15, 0.2) is 0 Å². The predicted octanol–water partition coefficient (Wildman–Crippen LogP) is 1.77. The van der Waals surface area contributed by atoms with Crippen LogP contribution in [0.3, 0.4) is 0 Å². The summed E-state index contributed by atoms with van der Waals surface area (Å²) in [7, 11) is 0. The number of hydrogen-bond acceptors (Lipinski definition) is 3. The Morgan fingerprint density at radius 2 is 2.12 bits per heavy atom. The third-order valence-electron chi connectivity index (χ3n) is 1.79. The van der Waals surface area contributed by atoms with Crippen molar-refractivity contribution < 1.29 is 14.7 Å². The number of rotatable bonds is 5. The molecule has 4 nitrogen and oxygen atoms in total. The number of benzene rings is 1. The van der Waals surface area contributed by atoms with Crippen molar-refractivity contribution in [3.63, 3.8) is 0 Å². The monoisotopic (exact) mass is 219 g/mol. The van der Waals surface area contributed by atoms with Gasteiger partial charge >= 0.3 is 0 Å². The van der Waals surface area contributed by atoms with Crippen LogP contribution in [0, 0.1) is 0 Å². The van der Waals surface area contributed by atoms with Crippen LogP contribution in [0.25, 0.3) is 6.08 Å². The maximum Gasteiger partial charge on any atom is 0.267 e. The second kappa shape index (κ2) is 6.42. The molecule has 2 N–H and O–H groups in total. The molecule has 0 atom stereocenters. The lowest BCUT2D eigenvalue weighted by molar-refractivity contribution is -0.124. The number of hydrogen-bond donors (Lipinski definition) is 2. The highest BCUT2D eigenvalue weighted by Crippen LogP contribution is 2.12. The van der Waals surface area contributed by atoms with Crippen LogP contribution in [-0.4, -0.2) is 17.7 Å². The molecule has 0 saturated carbocycles. The van der Waals surface area contributed by atoms with E-state index < -0.39 is 5.91 Å². The van der Waals surface area contributed by atoms with Gasteiger partial charge in [0.2, 0.25) is 0 Å². The first-order chi connectivity index (χ1) is 7.76. The first-order valence-electron chi connectivity index (χ1n) is 4.72. The minimum absolute atomic E-state index is 0.460. The Morgan fingerprint density at radius 1 is 1.44 bits per heavy atom. The first-order valence-corrected chi connectivity index (χ1v) is 4.72. The van der Waals surface area contributed by atoms with Crippen molar-refractivity contribution in [1.82, 2.24) is 5.48 Å². The van der Waals surface area contributed by atoms with Gasteiger partial charge in [0, 0.05) is 6.08 Å². The summed E-state index contributed by atoms with van der Waals surface area (Å²) in [5.41, 5.74) is 2.36. The van der Waals surface area contributed by atoms with Crippen molar-refractivity contribution in [2.24, 2.45) is 0 Å². The zero-order chi connectivity index (χ0) is 11.8. The molecule has 1 amide bonds. The highest BCUT2D eigenvalue weighted by Gasteiger charge is 1.93.